The summed E-state index contributed by atoms with van der Waals surface area (Å²) in [5, 5.41) is 14.4. The SMILES string of the molecule is Nc1cc(Nc2ccc(Cl)c(Br)c2)cc([N+](=O)[O-])c1. The summed E-state index contributed by atoms with van der Waals surface area (Å²) in [5.74, 6) is 0. The van der Waals surface area contributed by atoms with Crippen LogP contribution in [0, 0.1) is 10.1 Å². The first kappa shape index (κ1) is 13.6. The predicted octanol–water partition coefficient (Wildman–Crippen LogP) is 4.34. The van der Waals surface area contributed by atoms with Gasteiger partial charge in [0.2, 0.25) is 0 Å². The van der Waals surface area contributed by atoms with E-state index in [0.29, 0.717) is 16.4 Å². The Balaban J connectivity index is 2.32. The average Bonchev–Trinajstić information content (AvgIpc) is 2.33. The Kier molecular flexibility index (Phi) is 3.92. The van der Waals surface area contributed by atoms with Gasteiger partial charge in [-0.25, -0.2) is 0 Å². The van der Waals surface area contributed by atoms with E-state index in [1.807, 2.05) is 0 Å². The molecule has 0 atom stereocenters. The molecule has 0 aromatic heterocycles. The minimum atomic E-state index is -0.487. The topological polar surface area (TPSA) is 81.2 Å². The van der Waals surface area contributed by atoms with E-state index in [4.69, 9.17) is 17.3 Å². The number of nitro benzene ring substituents is 1. The molecule has 0 heterocycles. The van der Waals surface area contributed by atoms with Gasteiger partial charge in [-0.1, -0.05) is 11.6 Å². The molecule has 19 heavy (non-hydrogen) atoms. The molecule has 2 rings (SSSR count). The third-order valence-electron chi connectivity index (χ3n) is 2.36. The van der Waals surface area contributed by atoms with Crippen molar-refractivity contribution in [3.05, 3.63) is 56.0 Å². The van der Waals surface area contributed by atoms with Crippen LogP contribution in [0.25, 0.3) is 0 Å². The van der Waals surface area contributed by atoms with E-state index in [2.05, 4.69) is 21.2 Å². The maximum Gasteiger partial charge on any atom is 0.273 e. The molecule has 0 aliphatic carbocycles. The van der Waals surface area contributed by atoms with Gasteiger partial charge in [0.25, 0.3) is 5.69 Å². The number of nitrogens with zero attached hydrogens (tertiary/aromatic N) is 1. The lowest BCUT2D eigenvalue weighted by Gasteiger charge is -2.08. The van der Waals surface area contributed by atoms with E-state index in [0.717, 1.165) is 10.2 Å². The number of benzene rings is 2. The number of hydrogen-bond donors (Lipinski definition) is 2. The second-order valence-electron chi connectivity index (χ2n) is 3.82. The molecule has 7 heteroatoms. The first-order valence-electron chi connectivity index (χ1n) is 5.23. The number of nitrogens with two attached hydrogens (primary N) is 1. The van der Waals surface area contributed by atoms with Crippen LogP contribution in [0.15, 0.2) is 40.9 Å². The third-order valence-corrected chi connectivity index (χ3v) is 3.57. The van der Waals surface area contributed by atoms with Crippen LogP contribution in [0.2, 0.25) is 5.02 Å². The lowest BCUT2D eigenvalue weighted by atomic mass is 10.2. The van der Waals surface area contributed by atoms with Crippen molar-refractivity contribution in [2.24, 2.45) is 0 Å². The van der Waals surface area contributed by atoms with Gasteiger partial charge in [0.15, 0.2) is 0 Å². The minimum Gasteiger partial charge on any atom is -0.398 e. The molecule has 0 bridgehead atoms. The molecule has 2 aromatic carbocycles. The summed E-state index contributed by atoms with van der Waals surface area (Å²) in [6.45, 7) is 0. The maximum absolute atomic E-state index is 10.8. The first-order valence-corrected chi connectivity index (χ1v) is 6.40. The van der Waals surface area contributed by atoms with Crippen molar-refractivity contribution in [3.8, 4) is 0 Å². The van der Waals surface area contributed by atoms with E-state index in [1.165, 1.54) is 12.1 Å². The molecule has 98 valence electrons. The molecule has 0 aliphatic rings. The van der Waals surface area contributed by atoms with E-state index in [9.17, 15) is 10.1 Å². The highest BCUT2D eigenvalue weighted by Crippen LogP contribution is 2.29. The van der Waals surface area contributed by atoms with Gasteiger partial charge in [0.1, 0.15) is 0 Å². The van der Waals surface area contributed by atoms with Crippen molar-refractivity contribution in [1.82, 2.24) is 0 Å². The number of anilines is 3. The number of nitrogen functional groups attached to an aromatic ring is 1. The molecular weight excluding hydrogens is 334 g/mol. The Morgan fingerprint density at radius 2 is 1.95 bits per heavy atom. The van der Waals surface area contributed by atoms with Crippen molar-refractivity contribution >= 4 is 50.3 Å². The Morgan fingerprint density at radius 1 is 1.21 bits per heavy atom. The van der Waals surface area contributed by atoms with Crippen LogP contribution < -0.4 is 11.1 Å². The number of nitro groups is 1. The third kappa shape index (κ3) is 3.36. The standard InChI is InChI=1S/C12H9BrClN3O2/c13-11-6-8(1-2-12(11)14)16-9-3-7(15)4-10(5-9)17(18)19/h1-6,16H,15H2. The molecule has 0 aliphatic heterocycles. The summed E-state index contributed by atoms with van der Waals surface area (Å²) in [6, 6.07) is 9.60. The van der Waals surface area contributed by atoms with Gasteiger partial charge >= 0.3 is 0 Å². The molecule has 0 spiro atoms. The van der Waals surface area contributed by atoms with Gasteiger partial charge in [-0.2, -0.15) is 0 Å². The van der Waals surface area contributed by atoms with Crippen LogP contribution in [0.4, 0.5) is 22.7 Å². The van der Waals surface area contributed by atoms with Crippen molar-refractivity contribution in [2.75, 3.05) is 11.1 Å². The summed E-state index contributed by atoms with van der Waals surface area (Å²) in [4.78, 5) is 10.3. The second kappa shape index (κ2) is 5.46. The maximum atomic E-state index is 10.8. The molecule has 0 fully saturated rings. The smallest absolute Gasteiger partial charge is 0.273 e. The van der Waals surface area contributed by atoms with Gasteiger partial charge in [0, 0.05) is 33.7 Å². The fourth-order valence-electron chi connectivity index (χ4n) is 1.55. The highest BCUT2D eigenvalue weighted by molar-refractivity contribution is 9.10. The Labute approximate surface area is 122 Å². The Hall–Kier alpha value is -1.79. The van der Waals surface area contributed by atoms with Crippen LogP contribution in [0.3, 0.4) is 0 Å². The summed E-state index contributed by atoms with van der Waals surface area (Å²) in [7, 11) is 0. The van der Waals surface area contributed by atoms with Gasteiger partial charge in [0.05, 0.1) is 9.95 Å². The van der Waals surface area contributed by atoms with E-state index in [-0.39, 0.29) is 5.69 Å². The van der Waals surface area contributed by atoms with Gasteiger partial charge < -0.3 is 11.1 Å². The fraction of sp³-hybridized carbons (Fsp3) is 0. The van der Waals surface area contributed by atoms with Crippen molar-refractivity contribution in [3.63, 3.8) is 0 Å². The normalized spacial score (nSPS) is 10.2. The van der Waals surface area contributed by atoms with Crippen LogP contribution in [-0.4, -0.2) is 4.92 Å². The molecular formula is C12H9BrClN3O2. The van der Waals surface area contributed by atoms with Crippen LogP contribution >= 0.6 is 27.5 Å². The molecule has 0 radical (unpaired) electrons. The van der Waals surface area contributed by atoms with Crippen LogP contribution in [0.1, 0.15) is 0 Å². The van der Waals surface area contributed by atoms with E-state index < -0.39 is 4.92 Å². The van der Waals surface area contributed by atoms with Crippen LogP contribution in [-0.2, 0) is 0 Å². The van der Waals surface area contributed by atoms with Gasteiger partial charge in [-0.05, 0) is 40.2 Å². The highest BCUT2D eigenvalue weighted by Gasteiger charge is 2.09. The van der Waals surface area contributed by atoms with E-state index >= 15 is 0 Å². The first-order chi connectivity index (χ1) is 8.95. The second-order valence-corrected chi connectivity index (χ2v) is 5.09. The molecule has 0 saturated carbocycles. The Morgan fingerprint density at radius 3 is 2.58 bits per heavy atom. The summed E-state index contributed by atoms with van der Waals surface area (Å²) < 4.78 is 0.734. The molecule has 2 aromatic rings. The number of hydrogen-bond acceptors (Lipinski definition) is 4. The van der Waals surface area contributed by atoms with Crippen LogP contribution in [0.5, 0.6) is 0 Å². The lowest BCUT2D eigenvalue weighted by molar-refractivity contribution is -0.384. The quantitative estimate of drug-likeness (QED) is 0.494. The predicted molar refractivity (Wildman–Crippen MR) is 79.9 cm³/mol. The van der Waals surface area contributed by atoms with Gasteiger partial charge in [-0.3, -0.25) is 10.1 Å². The number of rotatable bonds is 3. The zero-order valence-electron chi connectivity index (χ0n) is 9.56. The van der Waals surface area contributed by atoms with Crippen molar-refractivity contribution in [2.45, 2.75) is 0 Å². The highest BCUT2D eigenvalue weighted by atomic mass is 79.9. The lowest BCUT2D eigenvalue weighted by Crippen LogP contribution is -1.96. The summed E-state index contributed by atoms with van der Waals surface area (Å²) >= 11 is 9.20. The molecule has 3 N–H and O–H groups in total. The molecule has 0 amide bonds. The molecule has 0 unspecified atom stereocenters. The largest absolute Gasteiger partial charge is 0.398 e. The fourth-order valence-corrected chi connectivity index (χ4v) is 2.05. The summed E-state index contributed by atoms with van der Waals surface area (Å²) in [5.41, 5.74) is 7.18. The number of non-ortho nitro benzene ring substituents is 1. The van der Waals surface area contributed by atoms with Gasteiger partial charge in [-0.15, -0.1) is 0 Å². The van der Waals surface area contributed by atoms with Crippen molar-refractivity contribution < 1.29 is 4.92 Å². The zero-order valence-corrected chi connectivity index (χ0v) is 11.9. The van der Waals surface area contributed by atoms with Crippen molar-refractivity contribution in [1.29, 1.82) is 0 Å². The summed E-state index contributed by atoms with van der Waals surface area (Å²) in [6.07, 6.45) is 0. The zero-order chi connectivity index (χ0) is 14.0. The average molecular weight is 343 g/mol. The molecule has 5 nitrogen and oxygen atoms in total. The number of nitrogens with one attached hydrogen (secondary N) is 1. The number of halogens is 2. The van der Waals surface area contributed by atoms with E-state index in [1.54, 1.807) is 24.3 Å². The monoisotopic (exact) mass is 341 g/mol. The molecule has 0 saturated heterocycles. The Bertz CT molecular complexity index is 649. The minimum absolute atomic E-state index is 0.0597.